The molecule has 0 spiro atoms. The van der Waals surface area contributed by atoms with Gasteiger partial charge in [-0.3, -0.25) is 0 Å². The molecule has 0 aliphatic carbocycles. The average Bonchev–Trinajstić information content (AvgIpc) is 1.65. The van der Waals surface area contributed by atoms with Gasteiger partial charge in [-0.15, -0.1) is 15.8 Å². The molecular formula is C4H6NP. The van der Waals surface area contributed by atoms with Crippen molar-refractivity contribution in [3.8, 4) is 6.07 Å². The summed E-state index contributed by atoms with van der Waals surface area (Å²) in [6, 6.07) is 1.96. The lowest BCUT2D eigenvalue weighted by Crippen LogP contribution is -1.79. The minimum atomic E-state index is -0.0787. The Bertz CT molecular complexity index is 82.0. The Morgan fingerprint density at radius 3 is 2.50 bits per heavy atom. The van der Waals surface area contributed by atoms with Crippen LogP contribution in [0.4, 0.5) is 0 Å². The van der Waals surface area contributed by atoms with Crippen LogP contribution >= 0.6 is 9.24 Å². The Labute approximate surface area is 39.9 Å². The minimum absolute atomic E-state index is 0.0787. The number of hydrogen-bond donors (Lipinski definition) is 0. The van der Waals surface area contributed by atoms with E-state index in [1.165, 1.54) is 0 Å². The maximum absolute atomic E-state index is 7.99. The van der Waals surface area contributed by atoms with Gasteiger partial charge in [-0.1, -0.05) is 6.08 Å². The van der Waals surface area contributed by atoms with Gasteiger partial charge in [0.1, 0.15) is 0 Å². The predicted molar refractivity (Wildman–Crippen MR) is 29.3 cm³/mol. The zero-order valence-electron chi connectivity index (χ0n) is 3.39. The SMILES string of the molecule is C=CC(P)C#N. The van der Waals surface area contributed by atoms with E-state index in [-0.39, 0.29) is 5.66 Å². The highest BCUT2D eigenvalue weighted by molar-refractivity contribution is 7.18. The number of allylic oxidation sites excluding steroid dienone is 1. The smallest absolute Gasteiger partial charge is 0.0779 e. The van der Waals surface area contributed by atoms with Crippen LogP contribution < -0.4 is 0 Å². The first kappa shape index (κ1) is 5.66. The van der Waals surface area contributed by atoms with Gasteiger partial charge < -0.3 is 0 Å². The Balaban J connectivity index is 3.30. The van der Waals surface area contributed by atoms with E-state index in [9.17, 15) is 0 Å². The summed E-state index contributed by atoms with van der Waals surface area (Å²) in [7, 11) is 2.33. The molecule has 0 fully saturated rings. The Hall–Kier alpha value is -0.340. The second-order valence-electron chi connectivity index (χ2n) is 0.891. The Morgan fingerprint density at radius 2 is 2.50 bits per heavy atom. The molecular weight excluding hydrogens is 93.0 g/mol. The molecule has 2 heteroatoms. The van der Waals surface area contributed by atoms with E-state index < -0.39 is 0 Å². The maximum Gasteiger partial charge on any atom is 0.0779 e. The van der Waals surface area contributed by atoms with Crippen LogP contribution in [0, 0.1) is 11.3 Å². The molecule has 0 saturated carbocycles. The fourth-order valence-corrected chi connectivity index (χ4v) is 0.0527. The molecule has 0 N–H and O–H groups in total. The standard InChI is InChI=1S/C4H6NP/c1-2-4(6)3-5/h2,4H,1,6H2. The maximum atomic E-state index is 7.99. The first-order valence-electron chi connectivity index (χ1n) is 1.59. The van der Waals surface area contributed by atoms with Gasteiger partial charge in [-0.2, -0.15) is 5.26 Å². The van der Waals surface area contributed by atoms with Crippen molar-refractivity contribution in [1.29, 1.82) is 5.26 Å². The molecule has 2 unspecified atom stereocenters. The second kappa shape index (κ2) is 2.87. The van der Waals surface area contributed by atoms with Crippen molar-refractivity contribution < 1.29 is 0 Å². The summed E-state index contributed by atoms with van der Waals surface area (Å²) in [6.45, 7) is 3.39. The van der Waals surface area contributed by atoms with E-state index in [0.717, 1.165) is 0 Å². The van der Waals surface area contributed by atoms with E-state index in [4.69, 9.17) is 5.26 Å². The molecule has 1 nitrogen and oxygen atoms in total. The molecule has 0 aromatic rings. The second-order valence-corrected chi connectivity index (χ2v) is 1.61. The van der Waals surface area contributed by atoms with Crippen molar-refractivity contribution in [2.75, 3.05) is 0 Å². The van der Waals surface area contributed by atoms with Crippen LogP contribution in [0.3, 0.4) is 0 Å². The molecule has 32 valence electrons. The van der Waals surface area contributed by atoms with Crippen molar-refractivity contribution in [3.63, 3.8) is 0 Å². The first-order chi connectivity index (χ1) is 2.81. The monoisotopic (exact) mass is 99.0 g/mol. The highest BCUT2D eigenvalue weighted by Gasteiger charge is 1.83. The highest BCUT2D eigenvalue weighted by atomic mass is 31.0. The summed E-state index contributed by atoms with van der Waals surface area (Å²) in [5, 5.41) is 7.99. The van der Waals surface area contributed by atoms with Gasteiger partial charge in [0.2, 0.25) is 0 Å². The molecule has 0 radical (unpaired) electrons. The van der Waals surface area contributed by atoms with Gasteiger partial charge in [0.25, 0.3) is 0 Å². The number of rotatable bonds is 1. The molecule has 0 rings (SSSR count). The summed E-state index contributed by atoms with van der Waals surface area (Å²) >= 11 is 0. The van der Waals surface area contributed by atoms with Crippen molar-refractivity contribution >= 4 is 9.24 Å². The van der Waals surface area contributed by atoms with Crippen LogP contribution in [0.5, 0.6) is 0 Å². The predicted octanol–water partition coefficient (Wildman–Crippen LogP) is 0.940. The van der Waals surface area contributed by atoms with Gasteiger partial charge >= 0.3 is 0 Å². The van der Waals surface area contributed by atoms with Crippen molar-refractivity contribution in [1.82, 2.24) is 0 Å². The molecule has 0 aromatic carbocycles. The van der Waals surface area contributed by atoms with Crippen molar-refractivity contribution in [2.24, 2.45) is 0 Å². The van der Waals surface area contributed by atoms with Gasteiger partial charge in [0.15, 0.2) is 0 Å². The number of nitrogens with zero attached hydrogens (tertiary/aromatic N) is 1. The summed E-state index contributed by atoms with van der Waals surface area (Å²) in [6.07, 6.45) is 1.57. The molecule has 6 heavy (non-hydrogen) atoms. The Kier molecular flexibility index (Phi) is 2.71. The molecule has 0 aromatic heterocycles. The topological polar surface area (TPSA) is 23.8 Å². The minimum Gasteiger partial charge on any atom is -0.197 e. The summed E-state index contributed by atoms with van der Waals surface area (Å²) < 4.78 is 0. The third-order valence-electron chi connectivity index (χ3n) is 0.403. The molecule has 2 atom stereocenters. The lowest BCUT2D eigenvalue weighted by atomic mass is 10.5. The molecule has 0 aliphatic heterocycles. The van der Waals surface area contributed by atoms with E-state index in [1.54, 1.807) is 6.08 Å². The highest BCUT2D eigenvalue weighted by Crippen LogP contribution is 1.95. The molecule has 0 aliphatic rings. The van der Waals surface area contributed by atoms with Gasteiger partial charge in [-0.25, -0.2) is 0 Å². The molecule has 0 bridgehead atoms. The first-order valence-corrected chi connectivity index (χ1v) is 2.25. The van der Waals surface area contributed by atoms with E-state index >= 15 is 0 Å². The third-order valence-corrected chi connectivity index (χ3v) is 0.824. The van der Waals surface area contributed by atoms with Crippen LogP contribution in [0.2, 0.25) is 0 Å². The fraction of sp³-hybridized carbons (Fsp3) is 0.250. The lowest BCUT2D eigenvalue weighted by Gasteiger charge is -1.80. The summed E-state index contributed by atoms with van der Waals surface area (Å²) in [5.41, 5.74) is -0.0787. The van der Waals surface area contributed by atoms with Crippen molar-refractivity contribution in [3.05, 3.63) is 12.7 Å². The van der Waals surface area contributed by atoms with Crippen LogP contribution in [0.25, 0.3) is 0 Å². The van der Waals surface area contributed by atoms with Gasteiger partial charge in [0, 0.05) is 0 Å². The normalized spacial score (nSPS) is 12.0. The lowest BCUT2D eigenvalue weighted by molar-refractivity contribution is 1.38. The zero-order valence-corrected chi connectivity index (χ0v) is 4.54. The van der Waals surface area contributed by atoms with Crippen molar-refractivity contribution in [2.45, 2.75) is 5.66 Å². The van der Waals surface area contributed by atoms with Crippen LogP contribution in [0.1, 0.15) is 0 Å². The van der Waals surface area contributed by atoms with Crippen LogP contribution in [-0.4, -0.2) is 5.66 Å². The number of nitriles is 1. The van der Waals surface area contributed by atoms with Gasteiger partial charge in [-0.05, 0) is 0 Å². The van der Waals surface area contributed by atoms with E-state index in [1.807, 2.05) is 6.07 Å². The molecule has 0 heterocycles. The number of hydrogen-bond acceptors (Lipinski definition) is 1. The van der Waals surface area contributed by atoms with E-state index in [2.05, 4.69) is 15.8 Å². The molecule has 0 amide bonds. The quantitative estimate of drug-likeness (QED) is 0.354. The summed E-state index contributed by atoms with van der Waals surface area (Å²) in [4.78, 5) is 0. The third kappa shape index (κ3) is 1.93. The van der Waals surface area contributed by atoms with Crippen LogP contribution in [0.15, 0.2) is 12.7 Å². The van der Waals surface area contributed by atoms with Gasteiger partial charge in [0.05, 0.1) is 11.7 Å². The van der Waals surface area contributed by atoms with Crippen LogP contribution in [-0.2, 0) is 0 Å². The Morgan fingerprint density at radius 1 is 2.00 bits per heavy atom. The zero-order chi connectivity index (χ0) is 4.99. The van der Waals surface area contributed by atoms with E-state index in [0.29, 0.717) is 0 Å². The summed E-state index contributed by atoms with van der Waals surface area (Å²) in [5.74, 6) is 0. The molecule has 0 saturated heterocycles. The fourth-order valence-electron chi connectivity index (χ4n) is 0.0527. The largest absolute Gasteiger partial charge is 0.197 e. The average molecular weight is 99.1 g/mol.